The van der Waals surface area contributed by atoms with Gasteiger partial charge in [-0.1, -0.05) is 104 Å². The van der Waals surface area contributed by atoms with Crippen molar-refractivity contribution in [3.63, 3.8) is 0 Å². The third kappa shape index (κ3) is 12.7. The average Bonchev–Trinajstić information content (AvgIpc) is 3.37. The highest BCUT2D eigenvalue weighted by molar-refractivity contribution is 8.75. The molecule has 2 aromatic rings. The summed E-state index contributed by atoms with van der Waals surface area (Å²) in [5, 5.41) is 41.4. The van der Waals surface area contributed by atoms with E-state index in [9.17, 15) is 30.0 Å². The normalized spacial score (nSPS) is 11.2. The van der Waals surface area contributed by atoms with Crippen molar-refractivity contribution in [1.82, 2.24) is 7.94 Å². The number of aromatic nitrogens is 2. The molecular formula is C30H48N2O8S2. The Bertz CT molecular complexity index is 1000. The SMILES string of the molecule is CCCCCCCCCCC(=O)Oc1cc(O)n(SSn2c(O)cc(OC(=O)CCCCCCCCCC)c2O)c1O. The molecule has 0 aliphatic carbocycles. The molecule has 10 nitrogen and oxygen atoms in total. The minimum absolute atomic E-state index is 0.193. The van der Waals surface area contributed by atoms with Gasteiger partial charge in [0.2, 0.25) is 23.5 Å². The summed E-state index contributed by atoms with van der Waals surface area (Å²) < 4.78 is 12.4. The van der Waals surface area contributed by atoms with Crippen LogP contribution in [0.4, 0.5) is 0 Å². The zero-order chi connectivity index (χ0) is 30.7. The molecular weight excluding hydrogens is 580 g/mol. The molecule has 0 fully saturated rings. The van der Waals surface area contributed by atoms with Crippen molar-refractivity contribution in [3.05, 3.63) is 12.1 Å². The lowest BCUT2D eigenvalue weighted by Crippen LogP contribution is -2.07. The Morgan fingerprint density at radius 3 is 1.21 bits per heavy atom. The van der Waals surface area contributed by atoms with Gasteiger partial charge < -0.3 is 29.9 Å². The number of hydrogen-bond donors (Lipinski definition) is 4. The molecule has 0 saturated carbocycles. The highest BCUT2D eigenvalue weighted by Crippen LogP contribution is 2.47. The fraction of sp³-hybridized carbons (Fsp3) is 0.667. The average molecular weight is 629 g/mol. The predicted molar refractivity (Wildman–Crippen MR) is 167 cm³/mol. The van der Waals surface area contributed by atoms with E-state index in [2.05, 4.69) is 13.8 Å². The van der Waals surface area contributed by atoms with E-state index >= 15 is 0 Å². The van der Waals surface area contributed by atoms with Crippen molar-refractivity contribution in [1.29, 1.82) is 0 Å². The summed E-state index contributed by atoms with van der Waals surface area (Å²) in [7, 11) is 1.48. The number of ether oxygens (including phenoxy) is 2. The highest BCUT2D eigenvalue weighted by Gasteiger charge is 2.23. The molecule has 0 aromatic carbocycles. The molecule has 4 N–H and O–H groups in total. The minimum Gasteiger partial charge on any atom is -0.494 e. The zero-order valence-corrected chi connectivity index (χ0v) is 26.6. The maximum Gasteiger partial charge on any atom is 0.311 e. The number of rotatable bonds is 23. The Morgan fingerprint density at radius 2 is 0.881 bits per heavy atom. The van der Waals surface area contributed by atoms with E-state index < -0.39 is 35.5 Å². The van der Waals surface area contributed by atoms with E-state index in [1.54, 1.807) is 0 Å². The Balaban J connectivity index is 1.78. The van der Waals surface area contributed by atoms with Crippen LogP contribution in [0.15, 0.2) is 12.1 Å². The van der Waals surface area contributed by atoms with E-state index in [1.807, 2.05) is 0 Å². The zero-order valence-electron chi connectivity index (χ0n) is 25.0. The maximum atomic E-state index is 12.2. The van der Waals surface area contributed by atoms with Crippen LogP contribution in [0.5, 0.6) is 35.0 Å². The summed E-state index contributed by atoms with van der Waals surface area (Å²) >= 11 is 0. The molecule has 0 aliphatic rings. The largest absolute Gasteiger partial charge is 0.494 e. The van der Waals surface area contributed by atoms with Gasteiger partial charge in [0.1, 0.15) is 0 Å². The van der Waals surface area contributed by atoms with E-state index in [0.717, 1.165) is 80.6 Å². The number of aromatic hydroxyl groups is 4. The van der Waals surface area contributed by atoms with Gasteiger partial charge in [-0.2, -0.15) is 0 Å². The number of esters is 2. The lowest BCUT2D eigenvalue weighted by molar-refractivity contribution is -0.135. The van der Waals surface area contributed by atoms with Gasteiger partial charge >= 0.3 is 11.9 Å². The second-order valence-electron chi connectivity index (χ2n) is 10.5. The van der Waals surface area contributed by atoms with E-state index in [-0.39, 0.29) is 24.3 Å². The third-order valence-corrected chi connectivity index (χ3v) is 9.04. The number of carbonyl (C=O) groups is 2. The standard InChI is InChI=1S/C30H48N2O8S2/c1-3-5-7-9-11-13-15-17-19-27(35)39-23-21-25(33)31(29(23)37)41-42-32-26(34)22-24(30(32)38)40-28(36)20-18-16-14-12-10-8-6-4-2/h21-22,33-34,37-38H,3-20H2,1-2H3. The lowest BCUT2D eigenvalue weighted by Gasteiger charge is -2.08. The monoisotopic (exact) mass is 628 g/mol. The van der Waals surface area contributed by atoms with Crippen molar-refractivity contribution >= 4 is 33.9 Å². The van der Waals surface area contributed by atoms with Crippen LogP contribution in [-0.2, 0) is 9.59 Å². The molecule has 238 valence electrons. The molecule has 2 aromatic heterocycles. The Kier molecular flexibility index (Phi) is 17.2. The first-order chi connectivity index (χ1) is 20.3. The van der Waals surface area contributed by atoms with Crippen LogP contribution in [0.3, 0.4) is 0 Å². The van der Waals surface area contributed by atoms with Crippen molar-refractivity contribution in [2.75, 3.05) is 0 Å². The predicted octanol–water partition coefficient (Wildman–Crippen LogP) is 8.59. The van der Waals surface area contributed by atoms with Crippen LogP contribution in [0.25, 0.3) is 0 Å². The van der Waals surface area contributed by atoms with Gasteiger partial charge in [0.15, 0.2) is 11.5 Å². The molecule has 0 bridgehead atoms. The first kappa shape index (κ1) is 35.6. The van der Waals surface area contributed by atoms with Gasteiger partial charge in [-0.15, -0.1) is 0 Å². The van der Waals surface area contributed by atoms with Crippen molar-refractivity contribution in [3.8, 4) is 35.0 Å². The Labute approximate surface area is 257 Å². The van der Waals surface area contributed by atoms with Gasteiger partial charge in [-0.05, 0) is 12.8 Å². The number of unbranched alkanes of at least 4 members (excludes halogenated alkanes) is 14. The molecule has 42 heavy (non-hydrogen) atoms. The molecule has 0 unspecified atom stereocenters. The van der Waals surface area contributed by atoms with Crippen LogP contribution in [0, 0.1) is 0 Å². The van der Waals surface area contributed by atoms with Crippen LogP contribution in [-0.4, -0.2) is 40.3 Å². The van der Waals surface area contributed by atoms with Gasteiger partial charge in [0, 0.05) is 25.0 Å². The quantitative estimate of drug-likeness (QED) is 0.0536. The summed E-state index contributed by atoms with van der Waals surface area (Å²) in [5.74, 6) is -3.21. The molecule has 2 heterocycles. The summed E-state index contributed by atoms with van der Waals surface area (Å²) in [5.41, 5.74) is 0. The maximum absolute atomic E-state index is 12.2. The number of hydrogen-bond acceptors (Lipinski definition) is 10. The molecule has 0 amide bonds. The number of carbonyl (C=O) groups excluding carboxylic acids is 2. The summed E-state index contributed by atoms with van der Waals surface area (Å²) in [4.78, 5) is 24.4. The van der Waals surface area contributed by atoms with Crippen LogP contribution in [0.1, 0.15) is 129 Å². The third-order valence-electron chi connectivity index (χ3n) is 6.86. The van der Waals surface area contributed by atoms with Gasteiger partial charge in [-0.25, -0.2) is 7.94 Å². The lowest BCUT2D eigenvalue weighted by atomic mass is 10.1. The highest BCUT2D eigenvalue weighted by atomic mass is 33.1. The van der Waals surface area contributed by atoms with Gasteiger partial charge in [0.25, 0.3) is 0 Å². The molecule has 2 rings (SSSR count). The van der Waals surface area contributed by atoms with E-state index in [0.29, 0.717) is 12.8 Å². The van der Waals surface area contributed by atoms with Gasteiger partial charge in [0.05, 0.1) is 22.0 Å². The van der Waals surface area contributed by atoms with Crippen LogP contribution >= 0.6 is 22.0 Å². The van der Waals surface area contributed by atoms with E-state index in [1.165, 1.54) is 51.4 Å². The first-order valence-corrected chi connectivity index (χ1v) is 17.4. The first-order valence-electron chi connectivity index (χ1n) is 15.3. The summed E-state index contributed by atoms with van der Waals surface area (Å²) in [6.45, 7) is 4.36. The van der Waals surface area contributed by atoms with Crippen molar-refractivity contribution in [2.24, 2.45) is 0 Å². The second kappa shape index (κ2) is 20.3. The fourth-order valence-corrected chi connectivity index (χ4v) is 6.41. The fourth-order valence-electron chi connectivity index (χ4n) is 4.42. The molecule has 0 radical (unpaired) electrons. The number of nitrogens with zero attached hydrogens (tertiary/aromatic N) is 2. The summed E-state index contributed by atoms with van der Waals surface area (Å²) in [6, 6.07) is 2.23. The second-order valence-corrected chi connectivity index (χ2v) is 12.4. The molecule has 12 heteroatoms. The van der Waals surface area contributed by atoms with E-state index in [4.69, 9.17) is 9.47 Å². The topological polar surface area (TPSA) is 143 Å². The van der Waals surface area contributed by atoms with Crippen LogP contribution < -0.4 is 9.47 Å². The molecule has 0 aliphatic heterocycles. The molecule has 0 spiro atoms. The summed E-state index contributed by atoms with van der Waals surface area (Å²) in [6.07, 6.45) is 17.9. The van der Waals surface area contributed by atoms with Crippen LogP contribution in [0.2, 0.25) is 0 Å². The molecule has 0 saturated heterocycles. The Morgan fingerprint density at radius 1 is 0.571 bits per heavy atom. The van der Waals surface area contributed by atoms with Crippen molar-refractivity contribution < 1.29 is 39.5 Å². The Hall–Kier alpha value is -2.60. The molecule has 0 atom stereocenters. The smallest absolute Gasteiger partial charge is 0.311 e. The van der Waals surface area contributed by atoms with Crippen molar-refractivity contribution in [2.45, 2.75) is 129 Å². The minimum atomic E-state index is -0.509. The van der Waals surface area contributed by atoms with Gasteiger partial charge in [-0.3, -0.25) is 9.59 Å².